The Hall–Kier alpha value is -2.14. The molecule has 22 heavy (non-hydrogen) atoms. The first-order valence-electron chi connectivity index (χ1n) is 7.82. The lowest BCUT2D eigenvalue weighted by Crippen LogP contribution is -2.60. The molecular weight excluding hydrogens is 278 g/mol. The minimum absolute atomic E-state index is 0.0641. The number of nitrogens with zero attached hydrogens (tertiary/aromatic N) is 1. The van der Waals surface area contributed by atoms with Crippen LogP contribution in [0, 0.1) is 11.8 Å². The normalized spacial score (nSPS) is 33.7. The molecule has 3 aliphatic rings. The van der Waals surface area contributed by atoms with Gasteiger partial charge in [-0.05, 0) is 37.6 Å². The molecule has 2 fully saturated rings. The zero-order valence-corrected chi connectivity index (χ0v) is 12.3. The molecule has 5 rings (SSSR count). The highest BCUT2D eigenvalue weighted by molar-refractivity contribution is 6.05. The fourth-order valence-corrected chi connectivity index (χ4v) is 4.86. The van der Waals surface area contributed by atoms with E-state index in [9.17, 15) is 9.59 Å². The number of rotatable bonds is 0. The molecule has 1 aromatic heterocycles. The number of para-hydroxylation sites is 1. The summed E-state index contributed by atoms with van der Waals surface area (Å²) in [5.41, 5.74) is 3.23. The smallest absolute Gasteiger partial charge is 0.235 e. The second kappa shape index (κ2) is 3.98. The molecule has 2 amide bonds. The number of amides is 2. The van der Waals surface area contributed by atoms with Crippen LogP contribution in [0.15, 0.2) is 24.3 Å². The van der Waals surface area contributed by atoms with Crippen LogP contribution in [0.4, 0.5) is 0 Å². The van der Waals surface area contributed by atoms with E-state index in [1.54, 1.807) is 0 Å². The lowest BCUT2D eigenvalue weighted by atomic mass is 9.62. The van der Waals surface area contributed by atoms with Gasteiger partial charge in [-0.3, -0.25) is 19.8 Å². The van der Waals surface area contributed by atoms with Crippen molar-refractivity contribution in [2.75, 3.05) is 13.6 Å². The minimum Gasteiger partial charge on any atom is -0.357 e. The van der Waals surface area contributed by atoms with Crippen molar-refractivity contribution < 1.29 is 9.59 Å². The molecule has 2 aromatic rings. The highest BCUT2D eigenvalue weighted by atomic mass is 16.2. The van der Waals surface area contributed by atoms with Crippen LogP contribution in [0.2, 0.25) is 0 Å². The van der Waals surface area contributed by atoms with Gasteiger partial charge in [-0.15, -0.1) is 0 Å². The van der Waals surface area contributed by atoms with E-state index in [4.69, 9.17) is 0 Å². The summed E-state index contributed by atoms with van der Waals surface area (Å²) in [4.78, 5) is 30.7. The van der Waals surface area contributed by atoms with Gasteiger partial charge in [0.25, 0.3) is 0 Å². The van der Waals surface area contributed by atoms with E-state index < -0.39 is 0 Å². The Kier molecular flexibility index (Phi) is 2.25. The topological polar surface area (TPSA) is 65.2 Å². The lowest BCUT2D eigenvalue weighted by molar-refractivity contribution is -0.147. The number of aromatic amines is 1. The van der Waals surface area contributed by atoms with Crippen molar-refractivity contribution in [1.82, 2.24) is 15.2 Å². The number of carbonyl (C=O) groups excluding carboxylic acids is 2. The van der Waals surface area contributed by atoms with Crippen molar-refractivity contribution in [2.24, 2.45) is 11.8 Å². The van der Waals surface area contributed by atoms with E-state index >= 15 is 0 Å². The molecule has 3 heterocycles. The third-order valence-electron chi connectivity index (χ3n) is 5.73. The summed E-state index contributed by atoms with van der Waals surface area (Å²) in [6.07, 6.45) is 0.899. The number of piperidine rings is 2. The maximum absolute atomic E-state index is 12.5. The second-order valence-electron chi connectivity index (χ2n) is 6.73. The van der Waals surface area contributed by atoms with Gasteiger partial charge in [0, 0.05) is 22.6 Å². The fraction of sp³-hybridized carbons (Fsp3) is 0.412. The van der Waals surface area contributed by atoms with Gasteiger partial charge in [-0.1, -0.05) is 18.2 Å². The van der Waals surface area contributed by atoms with Crippen molar-refractivity contribution >= 4 is 22.7 Å². The van der Waals surface area contributed by atoms with Crippen LogP contribution < -0.4 is 5.32 Å². The molecule has 5 heteroatoms. The second-order valence-corrected chi connectivity index (χ2v) is 6.73. The van der Waals surface area contributed by atoms with Crippen LogP contribution in [-0.4, -0.2) is 35.3 Å². The Bertz CT molecular complexity index is 824. The van der Waals surface area contributed by atoms with Gasteiger partial charge in [0.05, 0.1) is 11.8 Å². The average Bonchev–Trinajstić information content (AvgIpc) is 2.87. The van der Waals surface area contributed by atoms with Crippen molar-refractivity contribution in [3.8, 4) is 0 Å². The number of benzene rings is 1. The van der Waals surface area contributed by atoms with Gasteiger partial charge < -0.3 is 4.98 Å². The maximum Gasteiger partial charge on any atom is 0.235 e. The van der Waals surface area contributed by atoms with Crippen molar-refractivity contribution in [3.05, 3.63) is 35.5 Å². The summed E-state index contributed by atoms with van der Waals surface area (Å²) >= 11 is 0. The van der Waals surface area contributed by atoms with Crippen molar-refractivity contribution in [2.45, 2.75) is 18.4 Å². The monoisotopic (exact) mass is 295 g/mol. The van der Waals surface area contributed by atoms with Gasteiger partial charge in [0.15, 0.2) is 0 Å². The number of nitrogens with one attached hydrogen (secondary N) is 2. The molecule has 0 radical (unpaired) electrons. The Labute approximate surface area is 127 Å². The summed E-state index contributed by atoms with van der Waals surface area (Å²) in [6.45, 7) is 0.932. The first kappa shape index (κ1) is 12.4. The number of hydrogen-bond donors (Lipinski definition) is 2. The quantitative estimate of drug-likeness (QED) is 0.724. The van der Waals surface area contributed by atoms with Crippen molar-refractivity contribution in [1.29, 1.82) is 0 Å². The molecular formula is C17H17N3O2. The molecule has 5 nitrogen and oxygen atoms in total. The van der Waals surface area contributed by atoms with E-state index in [0.717, 1.165) is 35.1 Å². The van der Waals surface area contributed by atoms with Crippen LogP contribution in [0.1, 0.15) is 29.6 Å². The molecule has 2 aliphatic heterocycles. The summed E-state index contributed by atoms with van der Waals surface area (Å²) in [5.74, 6) is -0.438. The maximum atomic E-state index is 12.5. The Morgan fingerprint density at radius 3 is 2.86 bits per heavy atom. The molecule has 4 atom stereocenters. The predicted octanol–water partition coefficient (Wildman–Crippen LogP) is 1.53. The van der Waals surface area contributed by atoms with E-state index in [-0.39, 0.29) is 35.6 Å². The number of likely N-dealkylation sites (tertiary alicyclic amines) is 1. The van der Waals surface area contributed by atoms with Crippen LogP contribution in [0.5, 0.6) is 0 Å². The minimum atomic E-state index is -0.213. The molecule has 112 valence electrons. The molecule has 0 unspecified atom stereocenters. The first-order valence-corrected chi connectivity index (χ1v) is 7.82. The molecule has 0 saturated carbocycles. The third-order valence-corrected chi connectivity index (χ3v) is 5.73. The summed E-state index contributed by atoms with van der Waals surface area (Å²) in [7, 11) is 2.08. The Morgan fingerprint density at radius 2 is 2.00 bits per heavy atom. The Morgan fingerprint density at radius 1 is 1.18 bits per heavy atom. The molecule has 2 N–H and O–H groups in total. The number of aromatic nitrogens is 1. The number of imide groups is 1. The fourth-order valence-electron chi connectivity index (χ4n) is 4.86. The van der Waals surface area contributed by atoms with Gasteiger partial charge >= 0.3 is 0 Å². The Balaban J connectivity index is 1.87. The van der Waals surface area contributed by atoms with Crippen molar-refractivity contribution in [3.63, 3.8) is 0 Å². The molecule has 1 aliphatic carbocycles. The zero-order chi connectivity index (χ0) is 15.0. The summed E-state index contributed by atoms with van der Waals surface area (Å²) in [5, 5.41) is 3.74. The number of H-pyrrole nitrogens is 1. The predicted molar refractivity (Wildman–Crippen MR) is 81.2 cm³/mol. The van der Waals surface area contributed by atoms with Gasteiger partial charge in [0.2, 0.25) is 11.8 Å². The number of fused-ring (bicyclic) bond motifs is 5. The van der Waals surface area contributed by atoms with E-state index in [1.165, 1.54) is 0 Å². The van der Waals surface area contributed by atoms with Gasteiger partial charge in [0.1, 0.15) is 0 Å². The average molecular weight is 295 g/mol. The van der Waals surface area contributed by atoms with Gasteiger partial charge in [-0.25, -0.2) is 0 Å². The SMILES string of the molecule is CN1CC[C@@H]2[C@H]3C(=O)NC(=O)[C@@H]2c2[nH]c4ccccc4c2[C@H]31. The van der Waals surface area contributed by atoms with Gasteiger partial charge in [-0.2, -0.15) is 0 Å². The molecule has 4 bridgehead atoms. The lowest BCUT2D eigenvalue weighted by Gasteiger charge is -2.51. The van der Waals surface area contributed by atoms with E-state index in [0.29, 0.717) is 0 Å². The highest BCUT2D eigenvalue weighted by Gasteiger charge is 2.56. The van der Waals surface area contributed by atoms with E-state index in [2.05, 4.69) is 28.3 Å². The highest BCUT2D eigenvalue weighted by Crippen LogP contribution is 2.55. The van der Waals surface area contributed by atoms with Crippen LogP contribution in [0.25, 0.3) is 10.9 Å². The number of hydrogen-bond acceptors (Lipinski definition) is 3. The standard InChI is InChI=1S/C17H17N3O2/c1-20-7-6-9-12-14-11(8-4-2-3-5-10(8)18-14)15(20)13(9)17(22)19-16(12)21/h2-5,9,12-13,15,18H,6-7H2,1H3,(H,19,21,22)/t9-,12-,13+,15+/m0/s1. The van der Waals surface area contributed by atoms with E-state index in [1.807, 2.05) is 18.2 Å². The number of carbonyl (C=O) groups is 2. The molecule has 2 saturated heterocycles. The molecule has 1 aromatic carbocycles. The van der Waals surface area contributed by atoms with Crippen LogP contribution in [0.3, 0.4) is 0 Å². The third kappa shape index (κ3) is 1.33. The molecule has 0 spiro atoms. The summed E-state index contributed by atoms with van der Waals surface area (Å²) < 4.78 is 0. The van der Waals surface area contributed by atoms with Crippen LogP contribution in [-0.2, 0) is 9.59 Å². The summed E-state index contributed by atoms with van der Waals surface area (Å²) in [6, 6.07) is 8.21. The zero-order valence-electron chi connectivity index (χ0n) is 12.3. The largest absolute Gasteiger partial charge is 0.357 e. The van der Waals surface area contributed by atoms with Crippen LogP contribution >= 0.6 is 0 Å². The first-order chi connectivity index (χ1) is 10.7.